The summed E-state index contributed by atoms with van der Waals surface area (Å²) in [6.07, 6.45) is 1.16. The van der Waals surface area contributed by atoms with Crippen molar-refractivity contribution in [3.05, 3.63) is 44.9 Å². The van der Waals surface area contributed by atoms with Crippen molar-refractivity contribution in [2.45, 2.75) is 0 Å². The van der Waals surface area contributed by atoms with E-state index in [2.05, 4.69) is 36.8 Å². The number of carbonyl (C=O) groups is 3. The first-order valence-corrected chi connectivity index (χ1v) is 7.53. The molecular weight excluding hydrogens is 409 g/mol. The van der Waals surface area contributed by atoms with Gasteiger partial charge in [-0.2, -0.15) is 5.10 Å². The van der Waals surface area contributed by atoms with Crippen molar-refractivity contribution >= 4 is 50.9 Å². The predicted octanol–water partition coefficient (Wildman–Crippen LogP) is 1.43. The van der Waals surface area contributed by atoms with E-state index in [9.17, 15) is 18.8 Å². The molecule has 5 N–H and O–H groups in total. The maximum Gasteiger partial charge on any atom is 0.271 e. The van der Waals surface area contributed by atoms with E-state index in [1.54, 1.807) is 0 Å². The molecule has 0 spiro atoms. The highest BCUT2D eigenvalue weighted by molar-refractivity contribution is 9.10. The van der Waals surface area contributed by atoms with Gasteiger partial charge in [0.05, 0.1) is 29.0 Å². The highest BCUT2D eigenvalue weighted by atomic mass is 79.9. The maximum absolute atomic E-state index is 14.0. The van der Waals surface area contributed by atoms with Crippen molar-refractivity contribution in [3.63, 3.8) is 0 Å². The largest absolute Gasteiger partial charge is 0.368 e. The molecule has 126 valence electrons. The van der Waals surface area contributed by atoms with Crippen LogP contribution >= 0.6 is 27.5 Å². The van der Waals surface area contributed by atoms with Crippen LogP contribution in [0.25, 0.3) is 0 Å². The number of primary amides is 1. The van der Waals surface area contributed by atoms with Gasteiger partial charge in [0, 0.05) is 4.47 Å². The van der Waals surface area contributed by atoms with Crippen molar-refractivity contribution in [1.82, 2.24) is 15.5 Å². The SMILES string of the molecule is NC(=O)CNC(=O)c1[nH]ncc1NC(=O)c1ccc(Br)c(Cl)c1F. The van der Waals surface area contributed by atoms with Gasteiger partial charge in [0.25, 0.3) is 11.8 Å². The summed E-state index contributed by atoms with van der Waals surface area (Å²) in [5.41, 5.74) is 4.50. The Hall–Kier alpha value is -2.46. The van der Waals surface area contributed by atoms with Gasteiger partial charge >= 0.3 is 0 Å². The number of hydrogen-bond acceptors (Lipinski definition) is 4. The predicted molar refractivity (Wildman–Crippen MR) is 87.2 cm³/mol. The molecule has 11 heteroatoms. The molecule has 1 aromatic carbocycles. The smallest absolute Gasteiger partial charge is 0.271 e. The second kappa shape index (κ2) is 7.41. The quantitative estimate of drug-likeness (QED) is 0.547. The molecule has 0 atom stereocenters. The number of nitrogens with two attached hydrogens (primary N) is 1. The fourth-order valence-corrected chi connectivity index (χ4v) is 2.17. The first kappa shape index (κ1) is 17.9. The van der Waals surface area contributed by atoms with Crippen LogP contribution in [0.2, 0.25) is 5.02 Å². The zero-order chi connectivity index (χ0) is 17.9. The molecule has 3 amide bonds. The van der Waals surface area contributed by atoms with E-state index in [1.165, 1.54) is 12.1 Å². The fourth-order valence-electron chi connectivity index (χ4n) is 1.70. The van der Waals surface area contributed by atoms with E-state index in [0.29, 0.717) is 4.47 Å². The number of rotatable bonds is 5. The Kier molecular flexibility index (Phi) is 5.52. The Morgan fingerprint density at radius 2 is 2.04 bits per heavy atom. The number of anilines is 1. The van der Waals surface area contributed by atoms with E-state index in [4.69, 9.17) is 17.3 Å². The zero-order valence-electron chi connectivity index (χ0n) is 11.8. The molecule has 2 aromatic rings. The van der Waals surface area contributed by atoms with E-state index in [-0.39, 0.29) is 28.5 Å². The zero-order valence-corrected chi connectivity index (χ0v) is 14.2. The lowest BCUT2D eigenvalue weighted by molar-refractivity contribution is -0.117. The first-order valence-electron chi connectivity index (χ1n) is 6.36. The molecule has 0 bridgehead atoms. The monoisotopic (exact) mass is 417 g/mol. The minimum absolute atomic E-state index is 0.000381. The van der Waals surface area contributed by atoms with E-state index in [0.717, 1.165) is 6.20 Å². The molecule has 0 aliphatic heterocycles. The average Bonchev–Trinajstić information content (AvgIpc) is 2.98. The molecule has 0 aliphatic carbocycles. The van der Waals surface area contributed by atoms with Crippen LogP contribution in [-0.2, 0) is 4.79 Å². The third-order valence-corrected chi connectivity index (χ3v) is 4.08. The molecule has 8 nitrogen and oxygen atoms in total. The summed E-state index contributed by atoms with van der Waals surface area (Å²) in [5, 5.41) is 10.3. The summed E-state index contributed by atoms with van der Waals surface area (Å²) in [6, 6.07) is 2.64. The number of benzene rings is 1. The van der Waals surface area contributed by atoms with Crippen LogP contribution in [0.4, 0.5) is 10.1 Å². The molecule has 0 fully saturated rings. The number of nitrogens with one attached hydrogen (secondary N) is 3. The highest BCUT2D eigenvalue weighted by Gasteiger charge is 2.20. The average molecular weight is 419 g/mol. The van der Waals surface area contributed by atoms with Crippen molar-refractivity contribution < 1.29 is 18.8 Å². The second-order valence-corrected chi connectivity index (χ2v) is 5.72. The summed E-state index contributed by atoms with van der Waals surface area (Å²) in [5.74, 6) is -3.19. The number of H-pyrrole nitrogens is 1. The number of amides is 3. The van der Waals surface area contributed by atoms with Gasteiger partial charge in [0.1, 0.15) is 5.69 Å². The van der Waals surface area contributed by atoms with Crippen molar-refractivity contribution in [2.75, 3.05) is 11.9 Å². The van der Waals surface area contributed by atoms with Gasteiger partial charge in [-0.15, -0.1) is 0 Å². The van der Waals surface area contributed by atoms with Gasteiger partial charge in [-0.05, 0) is 28.1 Å². The minimum atomic E-state index is -0.910. The van der Waals surface area contributed by atoms with Crippen LogP contribution in [0.1, 0.15) is 20.8 Å². The molecule has 0 saturated carbocycles. The van der Waals surface area contributed by atoms with E-state index < -0.39 is 23.5 Å². The Morgan fingerprint density at radius 3 is 2.71 bits per heavy atom. The van der Waals surface area contributed by atoms with Crippen LogP contribution in [0, 0.1) is 5.82 Å². The van der Waals surface area contributed by atoms with Gasteiger partial charge in [-0.25, -0.2) is 4.39 Å². The molecule has 1 aromatic heterocycles. The Morgan fingerprint density at radius 1 is 1.33 bits per heavy atom. The van der Waals surface area contributed by atoms with Gasteiger partial charge in [-0.1, -0.05) is 11.6 Å². The first-order chi connectivity index (χ1) is 11.3. The summed E-state index contributed by atoms with van der Waals surface area (Å²) in [4.78, 5) is 34.7. The van der Waals surface area contributed by atoms with Crippen molar-refractivity contribution in [3.8, 4) is 0 Å². The molecule has 24 heavy (non-hydrogen) atoms. The number of nitrogens with zero attached hydrogens (tertiary/aromatic N) is 1. The lowest BCUT2D eigenvalue weighted by Gasteiger charge is -2.08. The number of aromatic nitrogens is 2. The number of carbonyl (C=O) groups excluding carboxylic acids is 3. The summed E-state index contributed by atoms with van der Waals surface area (Å²) < 4.78 is 14.3. The van der Waals surface area contributed by atoms with Gasteiger partial charge in [0.15, 0.2) is 5.82 Å². The van der Waals surface area contributed by atoms with Gasteiger partial charge in [0.2, 0.25) is 5.91 Å². The molecule has 2 rings (SSSR count). The van der Waals surface area contributed by atoms with Crippen molar-refractivity contribution in [1.29, 1.82) is 0 Å². The Balaban J connectivity index is 2.19. The molecule has 0 radical (unpaired) electrons. The van der Waals surface area contributed by atoms with Crippen LogP contribution in [-0.4, -0.2) is 34.5 Å². The van der Waals surface area contributed by atoms with Crippen LogP contribution < -0.4 is 16.4 Å². The summed E-state index contributed by atoms with van der Waals surface area (Å²) >= 11 is 8.77. The molecule has 0 aliphatic rings. The third kappa shape index (κ3) is 3.89. The maximum atomic E-state index is 14.0. The van der Waals surface area contributed by atoms with Gasteiger partial charge in [-0.3, -0.25) is 19.5 Å². The van der Waals surface area contributed by atoms with Crippen LogP contribution in [0.5, 0.6) is 0 Å². The fraction of sp³-hybridized carbons (Fsp3) is 0.0769. The molecule has 1 heterocycles. The summed E-state index contributed by atoms with van der Waals surface area (Å²) in [7, 11) is 0. The lowest BCUT2D eigenvalue weighted by atomic mass is 10.2. The normalized spacial score (nSPS) is 10.3. The number of halogens is 3. The van der Waals surface area contributed by atoms with E-state index in [1.807, 2.05) is 0 Å². The third-order valence-electron chi connectivity index (χ3n) is 2.82. The Labute approximate surface area is 148 Å². The highest BCUT2D eigenvalue weighted by Crippen LogP contribution is 2.28. The van der Waals surface area contributed by atoms with Crippen LogP contribution in [0.3, 0.4) is 0 Å². The number of aromatic amines is 1. The molecule has 0 saturated heterocycles. The molecular formula is C13H10BrClFN5O3. The van der Waals surface area contributed by atoms with Crippen molar-refractivity contribution in [2.24, 2.45) is 5.73 Å². The van der Waals surface area contributed by atoms with Gasteiger partial charge < -0.3 is 16.4 Å². The van der Waals surface area contributed by atoms with Crippen LogP contribution in [0.15, 0.2) is 22.8 Å². The van der Waals surface area contributed by atoms with E-state index >= 15 is 0 Å². The molecule has 0 unspecified atom stereocenters. The standard InChI is InChI=1S/C13H10BrClFN5O3/c14-6-2-1-5(10(16)9(6)15)12(23)20-7-3-19-21-11(7)13(24)18-4-8(17)22/h1-3H,4H2,(H2,17,22)(H,18,24)(H,19,21)(H,20,23). The lowest BCUT2D eigenvalue weighted by Crippen LogP contribution is -2.34. The summed E-state index contributed by atoms with van der Waals surface area (Å²) in [6.45, 7) is -0.387. The second-order valence-electron chi connectivity index (χ2n) is 4.48. The topological polar surface area (TPSA) is 130 Å². The Bertz CT molecular complexity index is 826. The number of hydrogen-bond donors (Lipinski definition) is 4. The minimum Gasteiger partial charge on any atom is -0.368 e.